The molecule has 34 heavy (non-hydrogen) atoms. The SMILES string of the molecule is CCc1cc(C(C)=O)c(O)c2c1CC1(C)CC3(C)CC(C)=C(C(C)=O)C(=O)[C@@]3(C)C(C)=C1C2=O. The number of aromatic hydroxyl groups is 1. The lowest BCUT2D eigenvalue weighted by molar-refractivity contribution is -0.134. The van der Waals surface area contributed by atoms with Gasteiger partial charge in [-0.1, -0.05) is 31.9 Å². The zero-order chi connectivity index (χ0) is 25.5. The summed E-state index contributed by atoms with van der Waals surface area (Å²) in [6.45, 7) is 14.6. The summed E-state index contributed by atoms with van der Waals surface area (Å²) in [7, 11) is 0. The van der Waals surface area contributed by atoms with E-state index in [1.165, 1.54) is 13.8 Å². The highest BCUT2D eigenvalue weighted by Crippen LogP contribution is 2.66. The number of ketones is 4. The molecule has 5 nitrogen and oxygen atoms in total. The van der Waals surface area contributed by atoms with Crippen molar-refractivity contribution in [2.24, 2.45) is 16.2 Å². The van der Waals surface area contributed by atoms with E-state index in [-0.39, 0.29) is 45.6 Å². The first-order valence-corrected chi connectivity index (χ1v) is 12.0. The van der Waals surface area contributed by atoms with E-state index in [0.717, 1.165) is 16.7 Å². The lowest BCUT2D eigenvalue weighted by Crippen LogP contribution is -2.57. The summed E-state index contributed by atoms with van der Waals surface area (Å²) in [5.74, 6) is -1.32. The molecule has 3 aliphatic rings. The van der Waals surface area contributed by atoms with Gasteiger partial charge in [0.05, 0.1) is 22.1 Å². The van der Waals surface area contributed by atoms with Crippen LogP contribution in [0.1, 0.15) is 100 Å². The van der Waals surface area contributed by atoms with Gasteiger partial charge in [0.15, 0.2) is 23.1 Å². The van der Waals surface area contributed by atoms with Gasteiger partial charge in [0, 0.05) is 11.0 Å². The Hall–Kier alpha value is -2.82. The monoisotopic (exact) mass is 462 g/mol. The van der Waals surface area contributed by atoms with Gasteiger partial charge in [0.1, 0.15) is 5.75 Å². The lowest BCUT2D eigenvalue weighted by atomic mass is 9.42. The van der Waals surface area contributed by atoms with Crippen molar-refractivity contribution in [3.8, 4) is 5.75 Å². The number of fused-ring (bicyclic) bond motifs is 3. The van der Waals surface area contributed by atoms with E-state index in [2.05, 4.69) is 13.8 Å². The Morgan fingerprint density at radius 3 is 2.18 bits per heavy atom. The molecule has 0 aliphatic heterocycles. The molecule has 5 heteroatoms. The molecule has 1 aromatic carbocycles. The normalized spacial score (nSPS) is 30.7. The van der Waals surface area contributed by atoms with Crippen LogP contribution in [0.25, 0.3) is 0 Å². The molecular weight excluding hydrogens is 428 g/mol. The molecule has 4 rings (SSSR count). The van der Waals surface area contributed by atoms with E-state index in [1.807, 2.05) is 27.7 Å². The molecule has 0 bridgehead atoms. The Kier molecular flexibility index (Phi) is 5.25. The number of hydrogen-bond donors (Lipinski definition) is 1. The largest absolute Gasteiger partial charge is 0.506 e. The van der Waals surface area contributed by atoms with Crippen LogP contribution in [-0.4, -0.2) is 28.2 Å². The van der Waals surface area contributed by atoms with Crippen molar-refractivity contribution in [3.63, 3.8) is 0 Å². The zero-order valence-corrected chi connectivity index (χ0v) is 21.5. The van der Waals surface area contributed by atoms with E-state index in [0.29, 0.717) is 36.8 Å². The second kappa shape index (κ2) is 7.34. The van der Waals surface area contributed by atoms with Crippen LogP contribution in [0.4, 0.5) is 0 Å². The minimum atomic E-state index is -1.00. The number of hydrogen-bond acceptors (Lipinski definition) is 5. The van der Waals surface area contributed by atoms with Gasteiger partial charge < -0.3 is 5.11 Å². The van der Waals surface area contributed by atoms with Crippen molar-refractivity contribution < 1.29 is 24.3 Å². The van der Waals surface area contributed by atoms with Crippen LogP contribution in [0.3, 0.4) is 0 Å². The molecule has 3 atom stereocenters. The van der Waals surface area contributed by atoms with E-state index in [4.69, 9.17) is 0 Å². The van der Waals surface area contributed by atoms with Crippen LogP contribution < -0.4 is 0 Å². The summed E-state index contributed by atoms with van der Waals surface area (Å²) in [5, 5.41) is 11.0. The number of benzene rings is 1. The average Bonchev–Trinajstić information content (AvgIpc) is 2.70. The average molecular weight is 463 g/mol. The highest BCUT2D eigenvalue weighted by atomic mass is 16.3. The molecule has 0 amide bonds. The Labute approximate surface area is 201 Å². The van der Waals surface area contributed by atoms with Crippen molar-refractivity contribution in [2.75, 3.05) is 0 Å². The van der Waals surface area contributed by atoms with Gasteiger partial charge in [-0.25, -0.2) is 0 Å². The van der Waals surface area contributed by atoms with Crippen molar-refractivity contribution >= 4 is 23.1 Å². The molecule has 180 valence electrons. The topological polar surface area (TPSA) is 88.5 Å². The summed E-state index contributed by atoms with van der Waals surface area (Å²) >= 11 is 0. The lowest BCUT2D eigenvalue weighted by Gasteiger charge is -2.59. The van der Waals surface area contributed by atoms with E-state index >= 15 is 0 Å². The number of Topliss-reactive ketones (excluding diaryl/α,β-unsaturated/α-hetero) is 4. The Morgan fingerprint density at radius 2 is 1.65 bits per heavy atom. The number of aryl methyl sites for hydroxylation is 1. The number of carbonyl (C=O) groups excluding carboxylic acids is 4. The molecule has 2 unspecified atom stereocenters. The van der Waals surface area contributed by atoms with Gasteiger partial charge in [0.25, 0.3) is 0 Å². The molecular formula is C29H34O5. The molecule has 1 aromatic rings. The van der Waals surface area contributed by atoms with E-state index in [1.54, 1.807) is 6.07 Å². The number of phenolic OH excluding ortho intramolecular Hbond substituents is 1. The molecule has 0 spiro atoms. The van der Waals surface area contributed by atoms with Crippen LogP contribution in [0.2, 0.25) is 0 Å². The fraction of sp³-hybridized carbons (Fsp3) is 0.517. The summed E-state index contributed by atoms with van der Waals surface area (Å²) in [6.07, 6.45) is 2.42. The highest BCUT2D eigenvalue weighted by Gasteiger charge is 2.63. The maximum absolute atomic E-state index is 14.1. The zero-order valence-electron chi connectivity index (χ0n) is 21.5. The number of carbonyl (C=O) groups is 4. The van der Waals surface area contributed by atoms with E-state index < -0.39 is 16.2 Å². The number of rotatable bonds is 3. The second-order valence-corrected chi connectivity index (χ2v) is 11.3. The third kappa shape index (κ3) is 2.85. The summed E-state index contributed by atoms with van der Waals surface area (Å²) in [5.41, 5.74) is 2.38. The fourth-order valence-corrected chi connectivity index (χ4v) is 7.45. The van der Waals surface area contributed by atoms with Crippen LogP contribution in [0.15, 0.2) is 28.4 Å². The standard InChI is InChI=1S/C29H34O5/c1-9-18-10-19(16(4)30)24(32)22-20(18)12-27(6)13-28(7)11-14(2)21(17(5)31)26(34)29(28,8)15(3)23(27)25(22)33/h10,32H,9,11-13H2,1-8H3/t27?,28?,29-/m1/s1. The Balaban J connectivity index is 2.05. The maximum Gasteiger partial charge on any atom is 0.193 e. The molecule has 0 aromatic heterocycles. The van der Waals surface area contributed by atoms with Crippen molar-refractivity contribution in [1.29, 1.82) is 0 Å². The molecule has 0 saturated heterocycles. The van der Waals surface area contributed by atoms with Gasteiger partial charge in [-0.3, -0.25) is 19.2 Å². The van der Waals surface area contributed by atoms with Crippen LogP contribution in [-0.2, 0) is 22.4 Å². The molecule has 0 fully saturated rings. The molecule has 3 aliphatic carbocycles. The summed E-state index contributed by atoms with van der Waals surface area (Å²) < 4.78 is 0. The minimum absolute atomic E-state index is 0.156. The first kappa shape index (κ1) is 24.3. The van der Waals surface area contributed by atoms with Gasteiger partial charge in [0.2, 0.25) is 0 Å². The predicted octanol–water partition coefficient (Wildman–Crippen LogP) is 5.51. The third-order valence-corrected chi connectivity index (χ3v) is 9.11. The van der Waals surface area contributed by atoms with Crippen LogP contribution in [0.5, 0.6) is 5.75 Å². The van der Waals surface area contributed by atoms with Crippen molar-refractivity contribution in [1.82, 2.24) is 0 Å². The van der Waals surface area contributed by atoms with Crippen LogP contribution in [0, 0.1) is 16.2 Å². The predicted molar refractivity (Wildman–Crippen MR) is 130 cm³/mol. The van der Waals surface area contributed by atoms with Crippen LogP contribution >= 0.6 is 0 Å². The van der Waals surface area contributed by atoms with E-state index in [9.17, 15) is 24.3 Å². The quantitative estimate of drug-likeness (QED) is 0.472. The smallest absolute Gasteiger partial charge is 0.193 e. The minimum Gasteiger partial charge on any atom is -0.506 e. The summed E-state index contributed by atoms with van der Waals surface area (Å²) in [4.78, 5) is 52.6. The second-order valence-electron chi connectivity index (χ2n) is 11.3. The third-order valence-electron chi connectivity index (χ3n) is 9.11. The summed E-state index contributed by atoms with van der Waals surface area (Å²) in [6, 6.07) is 1.72. The number of phenols is 1. The molecule has 0 radical (unpaired) electrons. The number of allylic oxidation sites excluding steroid dienone is 4. The molecule has 0 saturated carbocycles. The van der Waals surface area contributed by atoms with Gasteiger partial charge in [-0.15, -0.1) is 0 Å². The van der Waals surface area contributed by atoms with Crippen molar-refractivity contribution in [2.45, 2.75) is 81.1 Å². The van der Waals surface area contributed by atoms with Crippen molar-refractivity contribution in [3.05, 3.63) is 50.6 Å². The first-order chi connectivity index (χ1) is 15.6. The highest BCUT2D eigenvalue weighted by molar-refractivity contribution is 6.24. The molecule has 0 heterocycles. The fourth-order valence-electron chi connectivity index (χ4n) is 7.45. The first-order valence-electron chi connectivity index (χ1n) is 12.0. The van der Waals surface area contributed by atoms with Gasteiger partial charge >= 0.3 is 0 Å². The van der Waals surface area contributed by atoms with Gasteiger partial charge in [-0.2, -0.15) is 0 Å². The molecule has 1 N–H and O–H groups in total. The maximum atomic E-state index is 14.1. The van der Waals surface area contributed by atoms with Gasteiger partial charge in [-0.05, 0) is 82.9 Å². The Bertz CT molecular complexity index is 1280. The Morgan fingerprint density at radius 1 is 1.03 bits per heavy atom.